The van der Waals surface area contributed by atoms with Gasteiger partial charge in [0.1, 0.15) is 0 Å². The lowest BCUT2D eigenvalue weighted by atomic mass is 10.2. The molecule has 0 saturated carbocycles. The Morgan fingerprint density at radius 2 is 1.83 bits per heavy atom. The van der Waals surface area contributed by atoms with Crippen LogP contribution in [-0.2, 0) is 16.9 Å². The molecule has 0 aliphatic carbocycles. The van der Waals surface area contributed by atoms with Crippen molar-refractivity contribution in [1.29, 1.82) is 0 Å². The van der Waals surface area contributed by atoms with Crippen LogP contribution in [0, 0.1) is 0 Å². The molecule has 2 aromatic carbocycles. The first kappa shape index (κ1) is 15.6. The molecule has 0 spiro atoms. The van der Waals surface area contributed by atoms with Gasteiger partial charge in [-0.1, -0.05) is 29.5 Å². The second-order valence-electron chi connectivity index (χ2n) is 5.13. The number of hydrogen-bond donors (Lipinski definition) is 0. The number of carbonyl (C=O) groups excluding carboxylic acids is 1. The summed E-state index contributed by atoms with van der Waals surface area (Å²) < 4.78 is 25.9. The Hall–Kier alpha value is -2.25. The van der Waals surface area contributed by atoms with Gasteiger partial charge < -0.3 is 4.57 Å². The van der Waals surface area contributed by atoms with Crippen molar-refractivity contribution >= 4 is 37.3 Å². The molecule has 0 radical (unpaired) electrons. The van der Waals surface area contributed by atoms with Gasteiger partial charge in [0.2, 0.25) is 0 Å². The quantitative estimate of drug-likeness (QED) is 0.715. The molecule has 0 saturated heterocycles. The number of carbonyl (C=O) groups is 1. The lowest BCUT2D eigenvalue weighted by Crippen LogP contribution is -2.13. The Morgan fingerprint density at radius 1 is 1.13 bits per heavy atom. The molecule has 1 amide bonds. The summed E-state index contributed by atoms with van der Waals surface area (Å²) >= 11 is 1.29. The number of amides is 1. The number of aromatic nitrogens is 1. The van der Waals surface area contributed by atoms with Crippen LogP contribution >= 0.6 is 11.3 Å². The average molecular weight is 346 g/mol. The van der Waals surface area contributed by atoms with E-state index in [1.54, 1.807) is 54.1 Å². The zero-order valence-corrected chi connectivity index (χ0v) is 14.2. The molecule has 0 aliphatic heterocycles. The number of nitrogens with zero attached hydrogens (tertiary/aromatic N) is 2. The highest BCUT2D eigenvalue weighted by Crippen LogP contribution is 2.21. The monoisotopic (exact) mass is 346 g/mol. The molecule has 0 aliphatic rings. The summed E-state index contributed by atoms with van der Waals surface area (Å²) in [5.74, 6) is -0.323. The standard InChI is InChI=1S/C16H14N2O3S2/c1-18-13-9-8-12(23(2,20)21)10-14(13)22-16(18)17-15(19)11-6-4-3-5-7-11/h3-10H,1-2H3. The van der Waals surface area contributed by atoms with Crippen molar-refractivity contribution in [3.63, 3.8) is 0 Å². The molecule has 3 aromatic rings. The van der Waals surface area contributed by atoms with Crippen LogP contribution in [0.2, 0.25) is 0 Å². The number of benzene rings is 2. The number of rotatable bonds is 2. The van der Waals surface area contributed by atoms with Crippen molar-refractivity contribution in [2.45, 2.75) is 4.90 Å². The van der Waals surface area contributed by atoms with Gasteiger partial charge >= 0.3 is 0 Å². The third-order valence-electron chi connectivity index (χ3n) is 3.43. The first-order chi connectivity index (χ1) is 10.9. The van der Waals surface area contributed by atoms with Gasteiger partial charge in [0.05, 0.1) is 15.1 Å². The molecular weight excluding hydrogens is 332 g/mol. The van der Waals surface area contributed by atoms with Crippen LogP contribution < -0.4 is 4.80 Å². The van der Waals surface area contributed by atoms with E-state index < -0.39 is 9.84 Å². The van der Waals surface area contributed by atoms with E-state index in [0.717, 1.165) is 10.2 Å². The summed E-state index contributed by atoms with van der Waals surface area (Å²) in [7, 11) is -1.46. The maximum atomic E-state index is 12.2. The number of thiazole rings is 1. The van der Waals surface area contributed by atoms with Gasteiger partial charge in [-0.05, 0) is 30.3 Å². The number of hydrogen-bond acceptors (Lipinski definition) is 4. The van der Waals surface area contributed by atoms with Crippen molar-refractivity contribution in [3.05, 3.63) is 58.9 Å². The zero-order valence-electron chi connectivity index (χ0n) is 12.6. The fourth-order valence-electron chi connectivity index (χ4n) is 2.18. The third kappa shape index (κ3) is 3.11. The highest BCUT2D eigenvalue weighted by atomic mass is 32.2. The largest absolute Gasteiger partial charge is 0.319 e. The third-order valence-corrected chi connectivity index (χ3v) is 5.63. The first-order valence-electron chi connectivity index (χ1n) is 6.80. The van der Waals surface area contributed by atoms with E-state index in [9.17, 15) is 13.2 Å². The summed E-state index contributed by atoms with van der Waals surface area (Å²) in [6.45, 7) is 0. The van der Waals surface area contributed by atoms with Crippen LogP contribution in [-0.4, -0.2) is 25.1 Å². The van der Waals surface area contributed by atoms with Crippen LogP contribution in [0.1, 0.15) is 10.4 Å². The number of fused-ring (bicyclic) bond motifs is 1. The van der Waals surface area contributed by atoms with E-state index in [4.69, 9.17) is 0 Å². The lowest BCUT2D eigenvalue weighted by molar-refractivity contribution is 0.0998. The fourth-order valence-corrected chi connectivity index (χ4v) is 3.96. The van der Waals surface area contributed by atoms with Gasteiger partial charge in [0.25, 0.3) is 5.91 Å². The molecule has 3 rings (SSSR count). The van der Waals surface area contributed by atoms with Gasteiger partial charge in [-0.25, -0.2) is 8.42 Å². The van der Waals surface area contributed by atoms with Crippen molar-refractivity contribution in [2.75, 3.05) is 6.26 Å². The topological polar surface area (TPSA) is 68.5 Å². The minimum Gasteiger partial charge on any atom is -0.319 e. The van der Waals surface area contributed by atoms with Crippen molar-refractivity contribution < 1.29 is 13.2 Å². The van der Waals surface area contributed by atoms with Gasteiger partial charge in [-0.15, -0.1) is 0 Å². The molecule has 1 aromatic heterocycles. The van der Waals surface area contributed by atoms with Crippen LogP contribution in [0.4, 0.5) is 0 Å². The Kier molecular flexibility index (Phi) is 3.91. The molecule has 1 heterocycles. The molecule has 7 heteroatoms. The molecule has 0 bridgehead atoms. The van der Waals surface area contributed by atoms with E-state index in [2.05, 4.69) is 4.99 Å². The maximum Gasteiger partial charge on any atom is 0.279 e. The molecule has 0 N–H and O–H groups in total. The van der Waals surface area contributed by atoms with Crippen LogP contribution in [0.3, 0.4) is 0 Å². The molecule has 0 atom stereocenters. The molecule has 118 valence electrons. The Bertz CT molecular complexity index is 1060. The molecular formula is C16H14N2O3S2. The average Bonchev–Trinajstić information content (AvgIpc) is 2.83. The smallest absolute Gasteiger partial charge is 0.279 e. The summed E-state index contributed by atoms with van der Waals surface area (Å²) in [5, 5.41) is 0. The second-order valence-corrected chi connectivity index (χ2v) is 8.15. The predicted octanol–water partition coefficient (Wildman–Crippen LogP) is 2.38. The van der Waals surface area contributed by atoms with Crippen LogP contribution in [0.25, 0.3) is 10.2 Å². The summed E-state index contributed by atoms with van der Waals surface area (Å²) in [6, 6.07) is 13.7. The molecule has 0 unspecified atom stereocenters. The van der Waals surface area contributed by atoms with Crippen LogP contribution in [0.15, 0.2) is 58.4 Å². The van der Waals surface area contributed by atoms with E-state index in [1.807, 2.05) is 6.07 Å². The zero-order chi connectivity index (χ0) is 16.6. The minimum absolute atomic E-state index is 0.257. The second kappa shape index (κ2) is 5.75. The number of sulfone groups is 1. The predicted molar refractivity (Wildman–Crippen MR) is 90.2 cm³/mol. The molecule has 0 fully saturated rings. The maximum absolute atomic E-state index is 12.2. The van der Waals surface area contributed by atoms with Crippen molar-refractivity contribution in [2.24, 2.45) is 12.0 Å². The van der Waals surface area contributed by atoms with E-state index in [1.165, 1.54) is 17.6 Å². The summed E-state index contributed by atoms with van der Waals surface area (Å²) in [6.07, 6.45) is 1.17. The Morgan fingerprint density at radius 3 is 2.48 bits per heavy atom. The summed E-state index contributed by atoms with van der Waals surface area (Å²) in [5.41, 5.74) is 1.35. The highest BCUT2D eigenvalue weighted by Gasteiger charge is 2.11. The minimum atomic E-state index is -3.26. The highest BCUT2D eigenvalue weighted by molar-refractivity contribution is 7.90. The van der Waals surface area contributed by atoms with E-state index in [0.29, 0.717) is 10.4 Å². The van der Waals surface area contributed by atoms with Gasteiger partial charge in [-0.3, -0.25) is 4.79 Å². The molecule has 5 nitrogen and oxygen atoms in total. The van der Waals surface area contributed by atoms with Gasteiger partial charge in [-0.2, -0.15) is 4.99 Å². The Balaban J connectivity index is 2.14. The molecule has 23 heavy (non-hydrogen) atoms. The van der Waals surface area contributed by atoms with Gasteiger partial charge in [0.15, 0.2) is 14.6 Å². The SMILES string of the molecule is Cn1c(=NC(=O)c2ccccc2)sc2cc(S(C)(=O)=O)ccc21. The lowest BCUT2D eigenvalue weighted by Gasteiger charge is -1.99. The van der Waals surface area contributed by atoms with Gasteiger partial charge in [0, 0.05) is 18.9 Å². The van der Waals surface area contributed by atoms with Crippen molar-refractivity contribution in [1.82, 2.24) is 4.57 Å². The normalized spacial score (nSPS) is 12.7. The first-order valence-corrected chi connectivity index (χ1v) is 9.51. The van der Waals surface area contributed by atoms with E-state index in [-0.39, 0.29) is 10.8 Å². The number of aryl methyl sites for hydroxylation is 1. The van der Waals surface area contributed by atoms with Crippen LogP contribution in [0.5, 0.6) is 0 Å². The fraction of sp³-hybridized carbons (Fsp3) is 0.125. The Labute approximate surface area is 137 Å². The van der Waals surface area contributed by atoms with E-state index >= 15 is 0 Å². The van der Waals surface area contributed by atoms with Crippen molar-refractivity contribution in [3.8, 4) is 0 Å². The summed E-state index contributed by atoms with van der Waals surface area (Å²) in [4.78, 5) is 17.1.